The number of H-pyrrole nitrogens is 1. The molecule has 0 aliphatic carbocycles. The first kappa shape index (κ1) is 11.2. The molecule has 0 radical (unpaired) electrons. The summed E-state index contributed by atoms with van der Waals surface area (Å²) in [5, 5.41) is 4.99. The first-order valence-electron chi connectivity index (χ1n) is 5.10. The predicted octanol–water partition coefficient (Wildman–Crippen LogP) is 2.24. The average molecular weight is 234 g/mol. The molecule has 16 heavy (non-hydrogen) atoms. The summed E-state index contributed by atoms with van der Waals surface area (Å²) in [7, 11) is 1.94. The van der Waals surface area contributed by atoms with Gasteiger partial charge in [-0.05, 0) is 37.4 Å². The highest BCUT2D eigenvalue weighted by Gasteiger charge is 2.04. The molecule has 5 heteroatoms. The van der Waals surface area contributed by atoms with Crippen LogP contribution in [0.15, 0.2) is 40.9 Å². The SMILES string of the molecule is CNC(C)c1ccc(Sc2ncc[nH]2)nc1. The minimum absolute atomic E-state index is 0.329. The van der Waals surface area contributed by atoms with E-state index in [1.807, 2.05) is 19.3 Å². The van der Waals surface area contributed by atoms with Gasteiger partial charge in [-0.1, -0.05) is 6.07 Å². The van der Waals surface area contributed by atoms with Gasteiger partial charge in [0, 0.05) is 24.6 Å². The molecule has 2 aromatic rings. The summed E-state index contributed by atoms with van der Waals surface area (Å²) in [5.74, 6) is 0. The topological polar surface area (TPSA) is 53.6 Å². The van der Waals surface area contributed by atoms with Crippen LogP contribution in [0.1, 0.15) is 18.5 Å². The van der Waals surface area contributed by atoms with Crippen molar-refractivity contribution in [2.45, 2.75) is 23.1 Å². The number of hydrogen-bond donors (Lipinski definition) is 2. The number of aromatic nitrogens is 3. The van der Waals surface area contributed by atoms with Crippen molar-refractivity contribution in [1.29, 1.82) is 0 Å². The fourth-order valence-electron chi connectivity index (χ4n) is 1.28. The summed E-state index contributed by atoms with van der Waals surface area (Å²) in [6.07, 6.45) is 5.44. The van der Waals surface area contributed by atoms with Crippen LogP contribution >= 0.6 is 11.8 Å². The largest absolute Gasteiger partial charge is 0.339 e. The van der Waals surface area contributed by atoms with Gasteiger partial charge in [0.15, 0.2) is 5.16 Å². The smallest absolute Gasteiger partial charge is 0.171 e. The summed E-state index contributed by atoms with van der Waals surface area (Å²) < 4.78 is 0. The lowest BCUT2D eigenvalue weighted by atomic mass is 10.1. The number of nitrogens with zero attached hydrogens (tertiary/aromatic N) is 2. The predicted molar refractivity (Wildman–Crippen MR) is 64.4 cm³/mol. The number of pyridine rings is 1. The molecule has 1 atom stereocenters. The first-order valence-corrected chi connectivity index (χ1v) is 5.91. The number of imidazole rings is 1. The molecule has 0 bridgehead atoms. The number of hydrogen-bond acceptors (Lipinski definition) is 4. The molecule has 2 aromatic heterocycles. The summed E-state index contributed by atoms with van der Waals surface area (Å²) >= 11 is 1.52. The molecule has 0 saturated carbocycles. The molecular weight excluding hydrogens is 220 g/mol. The summed E-state index contributed by atoms with van der Waals surface area (Å²) in [6, 6.07) is 4.42. The second-order valence-electron chi connectivity index (χ2n) is 3.44. The number of aromatic amines is 1. The second-order valence-corrected chi connectivity index (χ2v) is 4.45. The molecular formula is C11H14N4S. The van der Waals surface area contributed by atoms with Gasteiger partial charge in [-0.15, -0.1) is 0 Å². The van der Waals surface area contributed by atoms with E-state index in [1.165, 1.54) is 17.3 Å². The molecule has 0 fully saturated rings. The van der Waals surface area contributed by atoms with Crippen LogP contribution in [-0.2, 0) is 0 Å². The third kappa shape index (κ3) is 2.62. The molecule has 0 saturated heterocycles. The molecule has 2 N–H and O–H groups in total. The minimum Gasteiger partial charge on any atom is -0.339 e. The lowest BCUT2D eigenvalue weighted by Crippen LogP contribution is -2.12. The van der Waals surface area contributed by atoms with E-state index in [2.05, 4.69) is 33.3 Å². The lowest BCUT2D eigenvalue weighted by Gasteiger charge is -2.09. The van der Waals surface area contributed by atoms with Crippen LogP contribution in [-0.4, -0.2) is 22.0 Å². The van der Waals surface area contributed by atoms with Crippen molar-refractivity contribution in [2.24, 2.45) is 0 Å². The van der Waals surface area contributed by atoms with Crippen molar-refractivity contribution in [1.82, 2.24) is 20.3 Å². The highest BCUT2D eigenvalue weighted by Crippen LogP contribution is 2.23. The standard InChI is InChI=1S/C11H14N4S/c1-8(12-2)9-3-4-10(15-7-9)16-11-13-5-6-14-11/h3-8,12H,1-2H3,(H,13,14). The number of rotatable bonds is 4. The van der Waals surface area contributed by atoms with E-state index < -0.39 is 0 Å². The van der Waals surface area contributed by atoms with Crippen LogP contribution in [0.25, 0.3) is 0 Å². The maximum absolute atomic E-state index is 4.39. The van der Waals surface area contributed by atoms with Crippen molar-refractivity contribution in [2.75, 3.05) is 7.05 Å². The van der Waals surface area contributed by atoms with Crippen LogP contribution in [0.5, 0.6) is 0 Å². The van der Waals surface area contributed by atoms with Gasteiger partial charge in [-0.25, -0.2) is 9.97 Å². The quantitative estimate of drug-likeness (QED) is 0.852. The van der Waals surface area contributed by atoms with Gasteiger partial charge in [0.1, 0.15) is 5.03 Å². The van der Waals surface area contributed by atoms with E-state index in [0.717, 1.165) is 10.2 Å². The molecule has 0 aromatic carbocycles. The van der Waals surface area contributed by atoms with Gasteiger partial charge in [0.05, 0.1) is 0 Å². The van der Waals surface area contributed by atoms with Gasteiger partial charge >= 0.3 is 0 Å². The molecule has 2 heterocycles. The van der Waals surface area contributed by atoms with Crippen LogP contribution in [0.3, 0.4) is 0 Å². The summed E-state index contributed by atoms with van der Waals surface area (Å²) in [5.41, 5.74) is 1.19. The highest BCUT2D eigenvalue weighted by molar-refractivity contribution is 7.99. The van der Waals surface area contributed by atoms with Crippen LogP contribution < -0.4 is 5.32 Å². The Hall–Kier alpha value is -1.33. The molecule has 1 unspecified atom stereocenters. The summed E-state index contributed by atoms with van der Waals surface area (Å²) in [6.45, 7) is 2.11. The van der Waals surface area contributed by atoms with E-state index in [9.17, 15) is 0 Å². The lowest BCUT2D eigenvalue weighted by molar-refractivity contribution is 0.648. The Bertz CT molecular complexity index is 424. The molecule has 2 rings (SSSR count). The Morgan fingerprint density at radius 2 is 2.25 bits per heavy atom. The third-order valence-corrected chi connectivity index (χ3v) is 3.23. The molecule has 0 aliphatic rings. The Morgan fingerprint density at radius 1 is 1.38 bits per heavy atom. The van der Waals surface area contributed by atoms with Crippen molar-refractivity contribution < 1.29 is 0 Å². The fourth-order valence-corrected chi connectivity index (χ4v) is 1.96. The highest BCUT2D eigenvalue weighted by atomic mass is 32.2. The minimum atomic E-state index is 0.329. The van der Waals surface area contributed by atoms with Crippen molar-refractivity contribution in [3.8, 4) is 0 Å². The molecule has 4 nitrogen and oxygen atoms in total. The van der Waals surface area contributed by atoms with Crippen molar-refractivity contribution in [3.05, 3.63) is 36.3 Å². The Morgan fingerprint density at radius 3 is 2.81 bits per heavy atom. The second kappa shape index (κ2) is 5.14. The van der Waals surface area contributed by atoms with E-state index in [0.29, 0.717) is 6.04 Å². The number of nitrogens with one attached hydrogen (secondary N) is 2. The molecule has 0 spiro atoms. The van der Waals surface area contributed by atoms with Crippen LogP contribution in [0.2, 0.25) is 0 Å². The Labute approximate surface area is 98.9 Å². The van der Waals surface area contributed by atoms with Gasteiger partial charge in [0.2, 0.25) is 0 Å². The maximum atomic E-state index is 4.39. The Kier molecular flexibility index (Phi) is 3.58. The zero-order valence-electron chi connectivity index (χ0n) is 9.27. The fraction of sp³-hybridized carbons (Fsp3) is 0.273. The van der Waals surface area contributed by atoms with Crippen LogP contribution in [0, 0.1) is 0 Å². The van der Waals surface area contributed by atoms with E-state index in [1.54, 1.807) is 12.4 Å². The van der Waals surface area contributed by atoms with E-state index >= 15 is 0 Å². The first-order chi connectivity index (χ1) is 7.79. The molecule has 84 valence electrons. The van der Waals surface area contributed by atoms with E-state index in [4.69, 9.17) is 0 Å². The molecule has 0 amide bonds. The summed E-state index contributed by atoms with van der Waals surface area (Å²) in [4.78, 5) is 11.6. The van der Waals surface area contributed by atoms with Crippen LogP contribution in [0.4, 0.5) is 0 Å². The van der Waals surface area contributed by atoms with Gasteiger partial charge in [-0.3, -0.25) is 0 Å². The zero-order chi connectivity index (χ0) is 11.4. The Balaban J connectivity index is 2.07. The third-order valence-electron chi connectivity index (χ3n) is 2.37. The molecule has 0 aliphatic heterocycles. The zero-order valence-corrected chi connectivity index (χ0v) is 10.1. The maximum Gasteiger partial charge on any atom is 0.171 e. The normalized spacial score (nSPS) is 12.6. The average Bonchev–Trinajstić information content (AvgIpc) is 2.82. The van der Waals surface area contributed by atoms with Gasteiger partial charge in [0.25, 0.3) is 0 Å². The van der Waals surface area contributed by atoms with Gasteiger partial charge in [-0.2, -0.15) is 0 Å². The van der Waals surface area contributed by atoms with Gasteiger partial charge < -0.3 is 10.3 Å². The monoisotopic (exact) mass is 234 g/mol. The van der Waals surface area contributed by atoms with Crippen molar-refractivity contribution in [3.63, 3.8) is 0 Å². The van der Waals surface area contributed by atoms with Crippen molar-refractivity contribution >= 4 is 11.8 Å². The van der Waals surface area contributed by atoms with E-state index in [-0.39, 0.29) is 0 Å².